The number of aryl methyl sites for hydroxylation is 2. The second kappa shape index (κ2) is 9.91. The molecule has 0 saturated carbocycles. The first kappa shape index (κ1) is 21.4. The Balaban J connectivity index is 1.80. The van der Waals surface area contributed by atoms with Crippen LogP contribution in [0.25, 0.3) is 0 Å². The number of thioether (sulfide) groups is 1. The maximum absolute atomic E-state index is 13.0. The highest BCUT2D eigenvalue weighted by atomic mass is 32.2. The van der Waals surface area contributed by atoms with E-state index in [0.29, 0.717) is 27.6 Å². The molecule has 0 bridgehead atoms. The molecule has 0 aromatic carbocycles. The molecule has 1 N–H and O–H groups in total. The summed E-state index contributed by atoms with van der Waals surface area (Å²) in [6.07, 6.45) is 6.54. The molecule has 3 rings (SSSR count). The molecular weight excluding hydrogens is 400 g/mol. The summed E-state index contributed by atoms with van der Waals surface area (Å²) < 4.78 is 0. The molecule has 2 aromatic heterocycles. The molecule has 1 aliphatic carbocycles. The largest absolute Gasteiger partial charge is 0.316 e. The smallest absolute Gasteiger partial charge is 0.238 e. The number of fused-ring (bicyclic) bond motifs is 1. The molecule has 5 nitrogen and oxygen atoms in total. The van der Waals surface area contributed by atoms with Crippen molar-refractivity contribution in [1.29, 1.82) is 10.5 Å². The number of amides is 1. The van der Waals surface area contributed by atoms with Crippen molar-refractivity contribution in [1.82, 2.24) is 4.98 Å². The summed E-state index contributed by atoms with van der Waals surface area (Å²) in [5.74, 6) is -0.140. The quantitative estimate of drug-likeness (QED) is 0.615. The highest BCUT2D eigenvalue weighted by Gasteiger charge is 2.25. The highest BCUT2D eigenvalue weighted by Crippen LogP contribution is 2.38. The normalized spacial score (nSPS) is 13.8. The third-order valence-electron chi connectivity index (χ3n) is 4.98. The van der Waals surface area contributed by atoms with E-state index in [4.69, 9.17) is 0 Å². The van der Waals surface area contributed by atoms with Crippen LogP contribution in [0.2, 0.25) is 0 Å². The second-order valence-electron chi connectivity index (χ2n) is 7.05. The van der Waals surface area contributed by atoms with Crippen molar-refractivity contribution in [3.63, 3.8) is 0 Å². The molecule has 1 atom stereocenters. The van der Waals surface area contributed by atoms with Crippen molar-refractivity contribution < 1.29 is 4.79 Å². The molecule has 2 heterocycles. The van der Waals surface area contributed by atoms with Crippen LogP contribution < -0.4 is 5.32 Å². The molecule has 29 heavy (non-hydrogen) atoms. The van der Waals surface area contributed by atoms with Crippen LogP contribution in [-0.2, 0) is 24.1 Å². The zero-order valence-corrected chi connectivity index (χ0v) is 18.4. The van der Waals surface area contributed by atoms with E-state index in [1.54, 1.807) is 6.07 Å². The van der Waals surface area contributed by atoms with Crippen molar-refractivity contribution in [2.45, 2.75) is 69.1 Å². The number of pyridine rings is 1. The lowest BCUT2D eigenvalue weighted by atomic mass is 9.96. The zero-order chi connectivity index (χ0) is 20.8. The Kier molecular flexibility index (Phi) is 7.30. The van der Waals surface area contributed by atoms with E-state index in [9.17, 15) is 15.3 Å². The van der Waals surface area contributed by atoms with Gasteiger partial charge in [0, 0.05) is 10.6 Å². The summed E-state index contributed by atoms with van der Waals surface area (Å²) in [7, 11) is 0. The number of nitriles is 2. The van der Waals surface area contributed by atoms with Gasteiger partial charge in [-0.25, -0.2) is 4.98 Å². The second-order valence-corrected chi connectivity index (χ2v) is 9.34. The first-order chi connectivity index (χ1) is 14.1. The Morgan fingerprint density at radius 3 is 2.76 bits per heavy atom. The number of rotatable bonds is 7. The number of hydrogen-bond donors (Lipinski definition) is 1. The van der Waals surface area contributed by atoms with Crippen LogP contribution in [-0.4, -0.2) is 16.1 Å². The van der Waals surface area contributed by atoms with Gasteiger partial charge in [-0.3, -0.25) is 4.79 Å². The first-order valence-corrected chi connectivity index (χ1v) is 11.7. The number of thiophene rings is 1. The summed E-state index contributed by atoms with van der Waals surface area (Å²) in [5.41, 5.74) is 3.16. The molecular formula is C22H24N4OS2. The minimum atomic E-state index is -0.378. The SMILES string of the molecule is CCCc1ccc(C#N)c(S[C@H](CC)C(=O)Nc2sc3c(c2C#N)CCCC3)n1. The maximum atomic E-state index is 13.0. The maximum Gasteiger partial charge on any atom is 0.238 e. The minimum absolute atomic E-state index is 0.140. The van der Waals surface area contributed by atoms with Gasteiger partial charge in [0.15, 0.2) is 0 Å². The zero-order valence-electron chi connectivity index (χ0n) is 16.7. The van der Waals surface area contributed by atoms with Gasteiger partial charge < -0.3 is 5.32 Å². The van der Waals surface area contributed by atoms with Crippen LogP contribution in [0.15, 0.2) is 17.2 Å². The van der Waals surface area contributed by atoms with Gasteiger partial charge in [0.2, 0.25) is 5.91 Å². The fraction of sp³-hybridized carbons (Fsp3) is 0.455. The summed E-state index contributed by atoms with van der Waals surface area (Å²) in [6.45, 7) is 4.03. The van der Waals surface area contributed by atoms with E-state index in [2.05, 4.69) is 29.4 Å². The predicted molar refractivity (Wildman–Crippen MR) is 117 cm³/mol. The molecule has 0 fully saturated rings. The lowest BCUT2D eigenvalue weighted by Crippen LogP contribution is -2.24. The fourth-order valence-electron chi connectivity index (χ4n) is 3.47. The van der Waals surface area contributed by atoms with E-state index >= 15 is 0 Å². The average Bonchev–Trinajstić information content (AvgIpc) is 3.09. The number of carbonyl (C=O) groups is 1. The van der Waals surface area contributed by atoms with Crippen molar-refractivity contribution in [2.24, 2.45) is 0 Å². The Hall–Kier alpha value is -2.35. The number of aromatic nitrogens is 1. The number of anilines is 1. The third kappa shape index (κ3) is 4.80. The van der Waals surface area contributed by atoms with Gasteiger partial charge >= 0.3 is 0 Å². The van der Waals surface area contributed by atoms with E-state index in [1.807, 2.05) is 13.0 Å². The van der Waals surface area contributed by atoms with Gasteiger partial charge in [-0.15, -0.1) is 11.3 Å². The summed E-state index contributed by atoms with van der Waals surface area (Å²) in [6, 6.07) is 8.13. The summed E-state index contributed by atoms with van der Waals surface area (Å²) in [4.78, 5) is 18.8. The summed E-state index contributed by atoms with van der Waals surface area (Å²) in [5, 5.41) is 22.9. The van der Waals surface area contributed by atoms with Crippen molar-refractivity contribution in [3.05, 3.63) is 39.4 Å². The lowest BCUT2D eigenvalue weighted by Gasteiger charge is -2.15. The Morgan fingerprint density at radius 1 is 1.28 bits per heavy atom. The van der Waals surface area contributed by atoms with Crippen molar-refractivity contribution in [2.75, 3.05) is 5.32 Å². The van der Waals surface area contributed by atoms with Gasteiger partial charge in [-0.2, -0.15) is 10.5 Å². The van der Waals surface area contributed by atoms with Crippen LogP contribution in [0.5, 0.6) is 0 Å². The average molecular weight is 425 g/mol. The van der Waals surface area contributed by atoms with Crippen LogP contribution in [0.3, 0.4) is 0 Å². The number of nitrogens with zero attached hydrogens (tertiary/aromatic N) is 3. The number of nitrogens with one attached hydrogen (secondary N) is 1. The topological polar surface area (TPSA) is 89.6 Å². The lowest BCUT2D eigenvalue weighted by molar-refractivity contribution is -0.115. The van der Waals surface area contributed by atoms with Crippen molar-refractivity contribution >= 4 is 34.0 Å². The van der Waals surface area contributed by atoms with Gasteiger partial charge in [-0.05, 0) is 56.2 Å². The van der Waals surface area contributed by atoms with Gasteiger partial charge in [-0.1, -0.05) is 32.0 Å². The van der Waals surface area contributed by atoms with E-state index < -0.39 is 0 Å². The standard InChI is InChI=1S/C22H24N4OS2/c1-3-7-15-11-10-14(12-23)21(25-15)28-18(4-2)20(27)26-22-17(13-24)16-8-5-6-9-19(16)29-22/h10-11,18H,3-9H2,1-2H3,(H,26,27)/t18-/m1/s1. The molecule has 0 spiro atoms. The predicted octanol–water partition coefficient (Wildman–Crippen LogP) is 5.23. The molecule has 0 unspecified atom stereocenters. The van der Waals surface area contributed by atoms with Crippen molar-refractivity contribution in [3.8, 4) is 12.1 Å². The highest BCUT2D eigenvalue weighted by molar-refractivity contribution is 8.00. The first-order valence-electron chi connectivity index (χ1n) is 10.0. The Labute approximate surface area is 180 Å². The molecule has 0 aliphatic heterocycles. The van der Waals surface area contributed by atoms with Crippen LogP contribution in [0.1, 0.15) is 66.8 Å². The monoisotopic (exact) mass is 424 g/mol. The Bertz CT molecular complexity index is 984. The molecule has 1 amide bonds. The van der Waals surface area contributed by atoms with Crippen LogP contribution in [0, 0.1) is 22.7 Å². The number of carbonyl (C=O) groups excluding carboxylic acids is 1. The summed E-state index contributed by atoms with van der Waals surface area (Å²) >= 11 is 2.87. The molecule has 2 aromatic rings. The van der Waals surface area contributed by atoms with Gasteiger partial charge in [0.1, 0.15) is 22.2 Å². The molecule has 0 radical (unpaired) electrons. The van der Waals surface area contributed by atoms with Gasteiger partial charge in [0.05, 0.1) is 16.4 Å². The molecule has 1 aliphatic rings. The van der Waals surface area contributed by atoms with Crippen LogP contribution in [0.4, 0.5) is 5.00 Å². The molecule has 150 valence electrons. The number of hydrogen-bond acceptors (Lipinski definition) is 6. The Morgan fingerprint density at radius 2 is 2.07 bits per heavy atom. The molecule has 0 saturated heterocycles. The third-order valence-corrected chi connectivity index (χ3v) is 7.56. The van der Waals surface area contributed by atoms with E-state index in [1.165, 1.54) is 28.0 Å². The molecule has 7 heteroatoms. The fourth-order valence-corrected chi connectivity index (χ4v) is 5.73. The van der Waals surface area contributed by atoms with E-state index in [-0.39, 0.29) is 11.2 Å². The minimum Gasteiger partial charge on any atom is -0.316 e. The van der Waals surface area contributed by atoms with Gasteiger partial charge in [0.25, 0.3) is 0 Å². The van der Waals surface area contributed by atoms with E-state index in [0.717, 1.165) is 49.8 Å². The van der Waals surface area contributed by atoms with Crippen LogP contribution >= 0.6 is 23.1 Å².